The second-order valence-electron chi connectivity index (χ2n) is 9.86. The van der Waals surface area contributed by atoms with Gasteiger partial charge in [-0.3, -0.25) is 4.79 Å². The fourth-order valence-electron chi connectivity index (χ4n) is 3.90. The topological polar surface area (TPSA) is 135 Å². The molecule has 0 aliphatic rings. The van der Waals surface area contributed by atoms with Gasteiger partial charge in [-0.2, -0.15) is 0 Å². The molecule has 0 saturated carbocycles. The Hall–Kier alpha value is -4.92. The normalized spacial score (nSPS) is 11.6. The molecule has 0 bridgehead atoms. The summed E-state index contributed by atoms with van der Waals surface area (Å²) in [5.41, 5.74) is 9.01. The van der Waals surface area contributed by atoms with E-state index >= 15 is 0 Å². The third kappa shape index (κ3) is 6.89. The molecule has 39 heavy (non-hydrogen) atoms. The van der Waals surface area contributed by atoms with Crippen LogP contribution in [-0.2, 0) is 4.79 Å². The minimum absolute atomic E-state index is 0.0963. The van der Waals surface area contributed by atoms with Crippen molar-refractivity contribution < 1.29 is 14.3 Å². The molecule has 0 aliphatic heterocycles. The molecule has 9 nitrogen and oxygen atoms in total. The molecular weight excluding hydrogens is 492 g/mol. The van der Waals surface area contributed by atoms with Crippen molar-refractivity contribution >= 4 is 40.1 Å². The van der Waals surface area contributed by atoms with Gasteiger partial charge in [-0.25, -0.2) is 9.97 Å². The zero-order valence-electron chi connectivity index (χ0n) is 22.4. The lowest BCUT2D eigenvalue weighted by molar-refractivity contribution is -0.124. The lowest BCUT2D eigenvalue weighted by Gasteiger charge is -2.20. The number of nitrogens with zero attached hydrogens (tertiary/aromatic N) is 2. The molecule has 1 heterocycles. The lowest BCUT2D eigenvalue weighted by Crippen LogP contribution is -2.43. The summed E-state index contributed by atoms with van der Waals surface area (Å²) in [7, 11) is 1.61. The summed E-state index contributed by atoms with van der Waals surface area (Å²) in [6.07, 6.45) is 2.62. The molecule has 0 saturated heterocycles. The van der Waals surface area contributed by atoms with Gasteiger partial charge in [0, 0.05) is 40.2 Å². The zero-order chi connectivity index (χ0) is 28.0. The summed E-state index contributed by atoms with van der Waals surface area (Å²) in [6.45, 7) is 5.66. The molecule has 1 aromatic heterocycles. The van der Waals surface area contributed by atoms with Crippen LogP contribution >= 0.6 is 0 Å². The van der Waals surface area contributed by atoms with Gasteiger partial charge < -0.3 is 31.3 Å². The molecule has 3 aromatic carbocycles. The van der Waals surface area contributed by atoms with Gasteiger partial charge in [0.15, 0.2) is 12.4 Å². The largest absolute Gasteiger partial charge is 0.497 e. The van der Waals surface area contributed by atoms with Gasteiger partial charge >= 0.3 is 0 Å². The SMILES string of the molecule is COc1ccc2nc(-c3cccc(OCC(=O)NC(C)(C)C)c3)nc(Nc3ccc(/C(C=N)=C/N)cc3)c2c1. The first-order valence-corrected chi connectivity index (χ1v) is 12.4. The maximum atomic E-state index is 12.2. The number of amides is 1. The van der Waals surface area contributed by atoms with Crippen LogP contribution in [0.3, 0.4) is 0 Å². The number of carbonyl (C=O) groups is 1. The number of nitrogens with one attached hydrogen (secondary N) is 3. The van der Waals surface area contributed by atoms with E-state index in [0.717, 1.165) is 27.7 Å². The number of anilines is 2. The van der Waals surface area contributed by atoms with Gasteiger partial charge in [0.05, 0.1) is 12.6 Å². The third-order valence-electron chi connectivity index (χ3n) is 5.70. The van der Waals surface area contributed by atoms with Crippen molar-refractivity contribution in [2.24, 2.45) is 5.73 Å². The minimum Gasteiger partial charge on any atom is -0.497 e. The first-order valence-electron chi connectivity index (χ1n) is 12.4. The van der Waals surface area contributed by atoms with Gasteiger partial charge in [-0.05, 0) is 68.8 Å². The molecule has 0 atom stereocenters. The lowest BCUT2D eigenvalue weighted by atomic mass is 10.1. The molecule has 0 fully saturated rings. The number of benzene rings is 3. The van der Waals surface area contributed by atoms with Crippen LogP contribution in [-0.4, -0.2) is 41.3 Å². The smallest absolute Gasteiger partial charge is 0.258 e. The number of hydrogen-bond donors (Lipinski definition) is 4. The quantitative estimate of drug-likeness (QED) is 0.218. The Morgan fingerprint density at radius 1 is 1.03 bits per heavy atom. The van der Waals surface area contributed by atoms with E-state index in [4.69, 9.17) is 30.6 Å². The summed E-state index contributed by atoms with van der Waals surface area (Å²) < 4.78 is 11.2. The number of rotatable bonds is 9. The van der Waals surface area contributed by atoms with Crippen LogP contribution in [0.2, 0.25) is 0 Å². The Labute approximate surface area is 227 Å². The highest BCUT2D eigenvalue weighted by molar-refractivity contribution is 6.08. The van der Waals surface area contributed by atoms with Crippen LogP contribution in [0.5, 0.6) is 11.5 Å². The van der Waals surface area contributed by atoms with E-state index in [9.17, 15) is 4.79 Å². The second-order valence-corrected chi connectivity index (χ2v) is 9.86. The first-order chi connectivity index (χ1) is 18.7. The van der Waals surface area contributed by atoms with Crippen molar-refractivity contribution in [3.8, 4) is 22.9 Å². The van der Waals surface area contributed by atoms with E-state index in [1.807, 2.05) is 81.4 Å². The highest BCUT2D eigenvalue weighted by Gasteiger charge is 2.15. The molecule has 0 radical (unpaired) electrons. The summed E-state index contributed by atoms with van der Waals surface area (Å²) >= 11 is 0. The number of ether oxygens (including phenoxy) is 2. The number of nitrogens with two attached hydrogens (primary N) is 1. The minimum atomic E-state index is -0.336. The van der Waals surface area contributed by atoms with Crippen molar-refractivity contribution in [1.82, 2.24) is 15.3 Å². The molecule has 4 rings (SSSR count). The van der Waals surface area contributed by atoms with Gasteiger partial charge in [-0.1, -0.05) is 24.3 Å². The number of carbonyl (C=O) groups excluding carboxylic acids is 1. The predicted molar refractivity (Wildman–Crippen MR) is 156 cm³/mol. The van der Waals surface area contributed by atoms with Crippen LogP contribution in [0, 0.1) is 5.41 Å². The molecule has 200 valence electrons. The van der Waals surface area contributed by atoms with E-state index in [1.54, 1.807) is 13.2 Å². The number of allylic oxidation sites excluding steroid dienone is 1. The maximum Gasteiger partial charge on any atom is 0.258 e. The number of methoxy groups -OCH3 is 1. The van der Waals surface area contributed by atoms with Gasteiger partial charge in [0.2, 0.25) is 0 Å². The standard InChI is InChI=1S/C30H32N6O3/c1-30(2,3)36-27(37)18-39-24-7-5-6-20(14-24)28-34-26-13-12-23(38-4)15-25(26)29(35-28)33-22-10-8-19(9-11-22)21(16-31)17-32/h5-17,31H,18,32H2,1-4H3,(H,36,37)(H,33,34,35)/b21-17+,31-16?. The van der Waals surface area contributed by atoms with Crippen molar-refractivity contribution in [3.63, 3.8) is 0 Å². The monoisotopic (exact) mass is 524 g/mol. The van der Waals surface area contributed by atoms with Crippen molar-refractivity contribution in [3.05, 3.63) is 78.5 Å². The molecule has 0 unspecified atom stereocenters. The van der Waals surface area contributed by atoms with Crippen molar-refractivity contribution in [2.45, 2.75) is 26.3 Å². The van der Waals surface area contributed by atoms with Crippen LogP contribution in [0.15, 0.2) is 72.9 Å². The average molecular weight is 525 g/mol. The Morgan fingerprint density at radius 2 is 1.79 bits per heavy atom. The molecule has 0 aliphatic carbocycles. The summed E-state index contributed by atoms with van der Waals surface area (Å²) in [4.78, 5) is 21.8. The molecule has 4 aromatic rings. The fourth-order valence-corrected chi connectivity index (χ4v) is 3.90. The van der Waals surface area contributed by atoms with Crippen LogP contribution < -0.4 is 25.8 Å². The Morgan fingerprint density at radius 3 is 2.46 bits per heavy atom. The van der Waals surface area contributed by atoms with E-state index < -0.39 is 0 Å². The van der Waals surface area contributed by atoms with Crippen LogP contribution in [0.25, 0.3) is 27.9 Å². The number of aromatic nitrogens is 2. The van der Waals surface area contributed by atoms with Crippen LogP contribution in [0.4, 0.5) is 11.5 Å². The first kappa shape index (κ1) is 27.1. The Balaban J connectivity index is 1.66. The Bertz CT molecular complexity index is 1520. The average Bonchev–Trinajstić information content (AvgIpc) is 2.92. The van der Waals surface area contributed by atoms with E-state index in [0.29, 0.717) is 28.7 Å². The second kappa shape index (κ2) is 11.6. The van der Waals surface area contributed by atoms with E-state index in [1.165, 1.54) is 12.4 Å². The summed E-state index contributed by atoms with van der Waals surface area (Å²) in [6, 6.07) is 20.5. The Kier molecular flexibility index (Phi) is 8.10. The molecule has 9 heteroatoms. The zero-order valence-corrected chi connectivity index (χ0v) is 22.4. The third-order valence-corrected chi connectivity index (χ3v) is 5.70. The molecule has 5 N–H and O–H groups in total. The maximum absolute atomic E-state index is 12.2. The number of fused-ring (bicyclic) bond motifs is 1. The predicted octanol–water partition coefficient (Wildman–Crippen LogP) is 5.29. The molecule has 1 amide bonds. The molecule has 0 spiro atoms. The molecular formula is C30H32N6O3. The highest BCUT2D eigenvalue weighted by atomic mass is 16.5. The summed E-state index contributed by atoms with van der Waals surface area (Å²) in [5.74, 6) is 2.11. The van der Waals surface area contributed by atoms with Crippen LogP contribution in [0.1, 0.15) is 26.3 Å². The van der Waals surface area contributed by atoms with Gasteiger partial charge in [-0.15, -0.1) is 0 Å². The van der Waals surface area contributed by atoms with E-state index in [2.05, 4.69) is 10.6 Å². The fraction of sp³-hybridized carbons (Fsp3) is 0.200. The van der Waals surface area contributed by atoms with Gasteiger partial charge in [0.1, 0.15) is 17.3 Å². The van der Waals surface area contributed by atoms with Gasteiger partial charge in [0.25, 0.3) is 5.91 Å². The van der Waals surface area contributed by atoms with Crippen molar-refractivity contribution in [1.29, 1.82) is 5.41 Å². The van der Waals surface area contributed by atoms with Crippen molar-refractivity contribution in [2.75, 3.05) is 19.0 Å². The highest BCUT2D eigenvalue weighted by Crippen LogP contribution is 2.31. The summed E-state index contributed by atoms with van der Waals surface area (Å²) in [5, 5.41) is 14.6. The van der Waals surface area contributed by atoms with E-state index in [-0.39, 0.29) is 18.1 Å². The number of hydrogen-bond acceptors (Lipinski definition) is 8.